The lowest BCUT2D eigenvalue weighted by atomic mass is 10.2. The van der Waals surface area contributed by atoms with Crippen LogP contribution >= 0.6 is 0 Å². The zero-order valence-corrected chi connectivity index (χ0v) is 15.7. The third kappa shape index (κ3) is 3.93. The van der Waals surface area contributed by atoms with Crippen molar-refractivity contribution in [2.24, 2.45) is 0 Å². The molecular weight excluding hydrogens is 372 g/mol. The van der Waals surface area contributed by atoms with E-state index in [1.165, 1.54) is 10.6 Å². The van der Waals surface area contributed by atoms with Crippen molar-refractivity contribution >= 4 is 23.1 Å². The van der Waals surface area contributed by atoms with Gasteiger partial charge in [0.15, 0.2) is 0 Å². The minimum atomic E-state index is -0.254. The van der Waals surface area contributed by atoms with Crippen molar-refractivity contribution in [3.8, 4) is 0 Å². The molecule has 1 aliphatic heterocycles. The number of hydrogen-bond donors (Lipinski definition) is 1. The van der Waals surface area contributed by atoms with Gasteiger partial charge in [-0.05, 0) is 24.3 Å². The zero-order valence-electron chi connectivity index (χ0n) is 15.7. The summed E-state index contributed by atoms with van der Waals surface area (Å²) >= 11 is 0. The summed E-state index contributed by atoms with van der Waals surface area (Å²) in [7, 11) is 0. The Balaban J connectivity index is 1.33. The van der Waals surface area contributed by atoms with E-state index in [2.05, 4.69) is 15.3 Å². The van der Waals surface area contributed by atoms with Crippen LogP contribution in [-0.2, 0) is 4.79 Å². The van der Waals surface area contributed by atoms with Gasteiger partial charge in [0.25, 0.3) is 11.5 Å². The molecule has 1 saturated heterocycles. The lowest BCUT2D eigenvalue weighted by molar-refractivity contribution is -0.130. The molecule has 0 aromatic carbocycles. The maximum absolute atomic E-state index is 12.5. The van der Waals surface area contributed by atoms with Crippen LogP contribution in [0.2, 0.25) is 0 Å². The Morgan fingerprint density at radius 3 is 2.55 bits per heavy atom. The van der Waals surface area contributed by atoms with E-state index in [0.29, 0.717) is 37.4 Å². The van der Waals surface area contributed by atoms with Crippen molar-refractivity contribution < 1.29 is 9.59 Å². The predicted octanol–water partition coefficient (Wildman–Crippen LogP) is 0.486. The number of fused-ring (bicyclic) bond motifs is 1. The molecule has 29 heavy (non-hydrogen) atoms. The topological polar surface area (TPSA) is 99.9 Å². The first kappa shape index (κ1) is 18.6. The summed E-state index contributed by atoms with van der Waals surface area (Å²) in [6.45, 7) is 1.80. The molecule has 9 heteroatoms. The minimum Gasteiger partial charge on any atom is -0.370 e. The fraction of sp³-hybridized carbons (Fsp3) is 0.250. The first-order valence-corrected chi connectivity index (χ1v) is 9.31. The van der Waals surface area contributed by atoms with Crippen LogP contribution in [0.15, 0.2) is 59.9 Å². The molecule has 1 aliphatic rings. The van der Waals surface area contributed by atoms with Gasteiger partial charge < -0.3 is 15.1 Å². The highest BCUT2D eigenvalue weighted by molar-refractivity contribution is 5.94. The molecule has 0 radical (unpaired) electrons. The monoisotopic (exact) mass is 392 g/mol. The molecule has 0 saturated carbocycles. The van der Waals surface area contributed by atoms with Crippen molar-refractivity contribution in [3.63, 3.8) is 0 Å². The Morgan fingerprint density at radius 1 is 1.00 bits per heavy atom. The van der Waals surface area contributed by atoms with Crippen LogP contribution in [0.25, 0.3) is 5.65 Å². The van der Waals surface area contributed by atoms with E-state index in [1.54, 1.807) is 58.7 Å². The molecule has 3 aromatic heterocycles. The number of carbonyl (C=O) groups excluding carboxylic acids is 2. The molecule has 0 spiro atoms. The van der Waals surface area contributed by atoms with Crippen LogP contribution in [0.5, 0.6) is 0 Å². The lowest BCUT2D eigenvalue weighted by Gasteiger charge is -2.34. The number of nitrogens with zero attached hydrogens (tertiary/aromatic N) is 5. The van der Waals surface area contributed by atoms with E-state index in [0.717, 1.165) is 0 Å². The van der Waals surface area contributed by atoms with Gasteiger partial charge in [0, 0.05) is 44.8 Å². The number of amides is 2. The summed E-state index contributed by atoms with van der Waals surface area (Å²) in [6, 6.07) is 8.74. The standard InChI is InChI=1S/C20H20N6O3/c27-18(14-22-16-13-23-17-5-1-2-7-26(17)20(16)29)24-8-10-25(11-9-24)19(28)15-4-3-6-21-12-15/h1-7,12-13,22H,8-11,14H2. The fourth-order valence-corrected chi connectivity index (χ4v) is 3.26. The van der Waals surface area contributed by atoms with Gasteiger partial charge >= 0.3 is 0 Å². The number of hydrogen-bond acceptors (Lipinski definition) is 6. The van der Waals surface area contributed by atoms with E-state index < -0.39 is 0 Å². The third-order valence-corrected chi connectivity index (χ3v) is 4.87. The van der Waals surface area contributed by atoms with Crippen molar-refractivity contribution in [2.75, 3.05) is 38.0 Å². The van der Waals surface area contributed by atoms with Crippen LogP contribution in [0.1, 0.15) is 10.4 Å². The molecule has 148 valence electrons. The Kier molecular flexibility index (Phi) is 5.19. The quantitative estimate of drug-likeness (QED) is 0.694. The van der Waals surface area contributed by atoms with Crippen molar-refractivity contribution in [2.45, 2.75) is 0 Å². The van der Waals surface area contributed by atoms with Gasteiger partial charge in [-0.1, -0.05) is 6.07 Å². The lowest BCUT2D eigenvalue weighted by Crippen LogP contribution is -2.51. The summed E-state index contributed by atoms with van der Waals surface area (Å²) in [5.74, 6) is -0.213. The first-order valence-electron chi connectivity index (χ1n) is 9.31. The second-order valence-corrected chi connectivity index (χ2v) is 6.67. The van der Waals surface area contributed by atoms with E-state index in [1.807, 2.05) is 0 Å². The maximum atomic E-state index is 12.5. The second-order valence-electron chi connectivity index (χ2n) is 6.67. The van der Waals surface area contributed by atoms with Gasteiger partial charge in [-0.25, -0.2) is 4.98 Å². The van der Waals surface area contributed by atoms with Crippen LogP contribution in [0.4, 0.5) is 5.69 Å². The SMILES string of the molecule is O=C(CNc1cnc2ccccn2c1=O)N1CCN(C(=O)c2cccnc2)CC1. The molecule has 0 atom stereocenters. The number of nitrogens with one attached hydrogen (secondary N) is 1. The molecule has 4 heterocycles. The smallest absolute Gasteiger partial charge is 0.281 e. The molecule has 2 amide bonds. The predicted molar refractivity (Wildman–Crippen MR) is 107 cm³/mol. The van der Waals surface area contributed by atoms with Gasteiger partial charge in [0.05, 0.1) is 18.3 Å². The second kappa shape index (κ2) is 8.09. The number of aromatic nitrogens is 3. The summed E-state index contributed by atoms with van der Waals surface area (Å²) in [5.41, 5.74) is 1.10. The Hall–Kier alpha value is -3.75. The molecule has 4 rings (SSSR count). The summed E-state index contributed by atoms with van der Waals surface area (Å²) in [4.78, 5) is 49.0. The van der Waals surface area contributed by atoms with Crippen molar-refractivity contribution in [1.29, 1.82) is 0 Å². The average molecular weight is 392 g/mol. The van der Waals surface area contributed by atoms with Crippen LogP contribution < -0.4 is 10.9 Å². The molecule has 0 unspecified atom stereocenters. The van der Waals surface area contributed by atoms with Gasteiger partial charge in [-0.15, -0.1) is 0 Å². The van der Waals surface area contributed by atoms with Crippen LogP contribution in [-0.4, -0.2) is 68.7 Å². The van der Waals surface area contributed by atoms with Gasteiger partial charge in [0.2, 0.25) is 5.91 Å². The largest absolute Gasteiger partial charge is 0.370 e. The maximum Gasteiger partial charge on any atom is 0.281 e. The molecule has 0 aliphatic carbocycles. The number of carbonyl (C=O) groups is 2. The molecule has 9 nitrogen and oxygen atoms in total. The average Bonchev–Trinajstić information content (AvgIpc) is 2.79. The Morgan fingerprint density at radius 2 is 1.79 bits per heavy atom. The number of rotatable bonds is 4. The highest BCUT2D eigenvalue weighted by Crippen LogP contribution is 2.09. The van der Waals surface area contributed by atoms with Crippen molar-refractivity contribution in [3.05, 3.63) is 71.0 Å². The number of anilines is 1. The summed E-state index contributed by atoms with van der Waals surface area (Å²) in [5, 5.41) is 2.89. The summed E-state index contributed by atoms with van der Waals surface area (Å²) < 4.78 is 1.43. The van der Waals surface area contributed by atoms with Crippen LogP contribution in [0, 0.1) is 0 Å². The van der Waals surface area contributed by atoms with Gasteiger partial charge in [-0.2, -0.15) is 0 Å². The Bertz CT molecular complexity index is 1090. The highest BCUT2D eigenvalue weighted by atomic mass is 16.2. The molecule has 0 bridgehead atoms. The van der Waals surface area contributed by atoms with Gasteiger partial charge in [0.1, 0.15) is 11.3 Å². The Labute approximate surface area is 166 Å². The van der Waals surface area contributed by atoms with Crippen molar-refractivity contribution in [1.82, 2.24) is 24.2 Å². The molecular formula is C20H20N6O3. The van der Waals surface area contributed by atoms with Crippen LogP contribution in [0.3, 0.4) is 0 Å². The van der Waals surface area contributed by atoms with E-state index >= 15 is 0 Å². The molecule has 1 N–H and O–H groups in total. The first-order chi connectivity index (χ1) is 14.1. The summed E-state index contributed by atoms with van der Waals surface area (Å²) in [6.07, 6.45) is 6.24. The number of piperazine rings is 1. The molecule has 1 fully saturated rings. The third-order valence-electron chi connectivity index (χ3n) is 4.87. The zero-order chi connectivity index (χ0) is 20.2. The highest BCUT2D eigenvalue weighted by Gasteiger charge is 2.24. The van der Waals surface area contributed by atoms with E-state index in [9.17, 15) is 14.4 Å². The normalized spacial score (nSPS) is 14.1. The van der Waals surface area contributed by atoms with E-state index in [4.69, 9.17) is 0 Å². The fourth-order valence-electron chi connectivity index (χ4n) is 3.26. The van der Waals surface area contributed by atoms with E-state index in [-0.39, 0.29) is 29.6 Å². The minimum absolute atomic E-state index is 0.00757. The van der Waals surface area contributed by atoms with Gasteiger partial charge in [-0.3, -0.25) is 23.8 Å². The number of pyridine rings is 2. The molecule has 3 aromatic rings.